The van der Waals surface area contributed by atoms with Crippen molar-refractivity contribution < 1.29 is 22.9 Å². The predicted octanol–water partition coefficient (Wildman–Crippen LogP) is 1.93. The molecule has 2 N–H and O–H groups in total. The lowest BCUT2D eigenvalue weighted by molar-refractivity contribution is -0.384. The number of carbonyl (C=O) groups is 1. The first-order valence-corrected chi connectivity index (χ1v) is 5.05. The summed E-state index contributed by atoms with van der Waals surface area (Å²) in [4.78, 5) is 21.4. The summed E-state index contributed by atoms with van der Waals surface area (Å²) in [7, 11) is 1.45. The first-order valence-electron chi connectivity index (χ1n) is 5.05. The topological polar surface area (TPSA) is 84.3 Å². The van der Waals surface area contributed by atoms with Gasteiger partial charge in [-0.2, -0.15) is 13.2 Å². The zero-order valence-electron chi connectivity index (χ0n) is 9.75. The van der Waals surface area contributed by atoms with Gasteiger partial charge < -0.3 is 10.6 Å². The minimum Gasteiger partial charge on any atom is -0.383 e. The molecule has 0 spiro atoms. The SMILES string of the molecule is CNc1ccc(C(=O)NCC(F)(F)F)cc1[N+](=O)[O-]. The molecule has 1 aromatic rings. The number of rotatable bonds is 4. The average Bonchev–Trinajstić information content (AvgIpc) is 2.34. The summed E-state index contributed by atoms with van der Waals surface area (Å²) < 4.78 is 35.8. The number of nitrogens with zero attached hydrogens (tertiary/aromatic N) is 1. The van der Waals surface area contributed by atoms with Crippen LogP contribution < -0.4 is 10.6 Å². The van der Waals surface area contributed by atoms with Crippen LogP contribution in [0.15, 0.2) is 18.2 Å². The second-order valence-electron chi connectivity index (χ2n) is 3.54. The number of carbonyl (C=O) groups excluding carboxylic acids is 1. The number of hydrogen-bond donors (Lipinski definition) is 2. The van der Waals surface area contributed by atoms with Crippen molar-refractivity contribution in [3.8, 4) is 0 Å². The quantitative estimate of drug-likeness (QED) is 0.650. The third-order valence-corrected chi connectivity index (χ3v) is 2.18. The van der Waals surface area contributed by atoms with Crippen molar-refractivity contribution in [2.45, 2.75) is 6.18 Å². The molecule has 1 aromatic carbocycles. The summed E-state index contributed by atoms with van der Waals surface area (Å²) in [5, 5.41) is 14.9. The van der Waals surface area contributed by atoms with E-state index in [9.17, 15) is 28.1 Å². The van der Waals surface area contributed by atoms with Gasteiger partial charge in [0.1, 0.15) is 12.2 Å². The standard InChI is InChI=1S/C10H10F3N3O3/c1-14-7-3-2-6(4-8(7)16(18)19)9(17)15-5-10(11,12)13/h2-4,14H,5H2,1H3,(H,15,17). The molecule has 0 fully saturated rings. The second-order valence-corrected chi connectivity index (χ2v) is 3.54. The van der Waals surface area contributed by atoms with Gasteiger partial charge in [-0.15, -0.1) is 0 Å². The highest BCUT2D eigenvalue weighted by Crippen LogP contribution is 2.25. The van der Waals surface area contributed by atoms with Crippen molar-refractivity contribution in [1.82, 2.24) is 5.32 Å². The molecule has 0 aliphatic carbocycles. The predicted molar refractivity (Wildman–Crippen MR) is 61.0 cm³/mol. The Bertz CT molecular complexity index is 503. The number of nitro groups is 1. The molecule has 0 heterocycles. The largest absolute Gasteiger partial charge is 0.405 e. The van der Waals surface area contributed by atoms with Crippen LogP contribution in [-0.4, -0.2) is 30.6 Å². The zero-order valence-corrected chi connectivity index (χ0v) is 9.75. The third-order valence-electron chi connectivity index (χ3n) is 2.18. The number of halogens is 3. The fourth-order valence-corrected chi connectivity index (χ4v) is 1.32. The van der Waals surface area contributed by atoms with Gasteiger partial charge in [0.15, 0.2) is 0 Å². The van der Waals surface area contributed by atoms with Gasteiger partial charge in [-0.25, -0.2) is 0 Å². The lowest BCUT2D eigenvalue weighted by Gasteiger charge is -2.09. The summed E-state index contributed by atoms with van der Waals surface area (Å²) in [6.07, 6.45) is -4.54. The number of hydrogen-bond acceptors (Lipinski definition) is 4. The molecule has 9 heteroatoms. The highest BCUT2D eigenvalue weighted by atomic mass is 19.4. The highest BCUT2D eigenvalue weighted by Gasteiger charge is 2.28. The second kappa shape index (κ2) is 5.55. The van der Waals surface area contributed by atoms with E-state index < -0.39 is 23.6 Å². The van der Waals surface area contributed by atoms with Gasteiger partial charge >= 0.3 is 6.18 Å². The van der Waals surface area contributed by atoms with E-state index in [0.717, 1.165) is 6.07 Å². The molecule has 0 unspecified atom stereocenters. The van der Waals surface area contributed by atoms with E-state index in [0.29, 0.717) is 0 Å². The Kier molecular flexibility index (Phi) is 4.30. The van der Waals surface area contributed by atoms with Crippen molar-refractivity contribution in [3.05, 3.63) is 33.9 Å². The highest BCUT2D eigenvalue weighted by molar-refractivity contribution is 5.95. The van der Waals surface area contributed by atoms with E-state index >= 15 is 0 Å². The van der Waals surface area contributed by atoms with Crippen molar-refractivity contribution in [3.63, 3.8) is 0 Å². The van der Waals surface area contributed by atoms with E-state index in [4.69, 9.17) is 0 Å². The van der Waals surface area contributed by atoms with E-state index in [2.05, 4.69) is 5.32 Å². The molecule has 19 heavy (non-hydrogen) atoms. The first kappa shape index (κ1) is 14.7. The van der Waals surface area contributed by atoms with Gasteiger partial charge in [-0.3, -0.25) is 14.9 Å². The number of alkyl halides is 3. The average molecular weight is 277 g/mol. The lowest BCUT2D eigenvalue weighted by atomic mass is 10.1. The molecule has 0 saturated heterocycles. The van der Waals surface area contributed by atoms with E-state index in [-0.39, 0.29) is 16.9 Å². The molecule has 0 radical (unpaired) electrons. The number of benzene rings is 1. The first-order chi connectivity index (χ1) is 8.74. The van der Waals surface area contributed by atoms with Gasteiger partial charge in [0, 0.05) is 18.7 Å². The fourth-order valence-electron chi connectivity index (χ4n) is 1.32. The number of nitro benzene ring substituents is 1. The van der Waals surface area contributed by atoms with Crippen molar-refractivity contribution in [2.75, 3.05) is 18.9 Å². The van der Waals surface area contributed by atoms with Crippen molar-refractivity contribution in [2.24, 2.45) is 0 Å². The van der Waals surface area contributed by atoms with Crippen molar-refractivity contribution >= 4 is 17.3 Å². The Hall–Kier alpha value is -2.32. The summed E-state index contributed by atoms with van der Waals surface area (Å²) in [6.45, 7) is -1.49. The van der Waals surface area contributed by atoms with Crippen LogP contribution in [0.3, 0.4) is 0 Å². The minimum atomic E-state index is -4.54. The fraction of sp³-hybridized carbons (Fsp3) is 0.300. The monoisotopic (exact) mass is 277 g/mol. The Morgan fingerprint density at radius 2 is 2.05 bits per heavy atom. The molecule has 0 aliphatic rings. The molecular weight excluding hydrogens is 267 g/mol. The Labute approximate surface area is 105 Å². The molecule has 1 rings (SSSR count). The smallest absolute Gasteiger partial charge is 0.383 e. The Morgan fingerprint density at radius 3 is 2.53 bits per heavy atom. The normalized spacial score (nSPS) is 10.9. The van der Waals surface area contributed by atoms with Crippen molar-refractivity contribution in [1.29, 1.82) is 0 Å². The third kappa shape index (κ3) is 4.12. The summed E-state index contributed by atoms with van der Waals surface area (Å²) in [5.41, 5.74) is -0.436. The zero-order chi connectivity index (χ0) is 14.6. The number of amides is 1. The molecule has 0 bridgehead atoms. The Balaban J connectivity index is 2.93. The van der Waals surface area contributed by atoms with E-state index in [1.807, 2.05) is 0 Å². The maximum absolute atomic E-state index is 11.9. The van der Waals surface area contributed by atoms with Crippen LogP contribution in [0.25, 0.3) is 0 Å². The molecule has 104 valence electrons. The maximum Gasteiger partial charge on any atom is 0.405 e. The van der Waals surface area contributed by atoms with Gasteiger partial charge in [0.25, 0.3) is 11.6 Å². The summed E-state index contributed by atoms with van der Waals surface area (Å²) in [6, 6.07) is 3.36. The number of anilines is 1. The summed E-state index contributed by atoms with van der Waals surface area (Å²) >= 11 is 0. The molecule has 0 aromatic heterocycles. The van der Waals surface area contributed by atoms with Gasteiger partial charge in [-0.1, -0.05) is 0 Å². The van der Waals surface area contributed by atoms with Crippen LogP contribution in [0.5, 0.6) is 0 Å². The maximum atomic E-state index is 11.9. The van der Waals surface area contributed by atoms with Crippen LogP contribution in [-0.2, 0) is 0 Å². The van der Waals surface area contributed by atoms with Crippen LogP contribution >= 0.6 is 0 Å². The molecule has 6 nitrogen and oxygen atoms in total. The lowest BCUT2D eigenvalue weighted by Crippen LogP contribution is -2.33. The van der Waals surface area contributed by atoms with E-state index in [1.165, 1.54) is 19.2 Å². The van der Waals surface area contributed by atoms with Crippen LogP contribution in [0.4, 0.5) is 24.5 Å². The summed E-state index contributed by atoms with van der Waals surface area (Å²) in [5.74, 6) is -1.02. The molecule has 0 atom stereocenters. The van der Waals surface area contributed by atoms with E-state index in [1.54, 1.807) is 5.32 Å². The van der Waals surface area contributed by atoms with Gasteiger partial charge in [0.2, 0.25) is 0 Å². The minimum absolute atomic E-state index is 0.164. The number of nitrogens with one attached hydrogen (secondary N) is 2. The molecular formula is C10H10F3N3O3. The van der Waals surface area contributed by atoms with Crippen LogP contribution in [0, 0.1) is 10.1 Å². The van der Waals surface area contributed by atoms with Crippen LogP contribution in [0.2, 0.25) is 0 Å². The van der Waals surface area contributed by atoms with Crippen LogP contribution in [0.1, 0.15) is 10.4 Å². The molecule has 0 aliphatic heterocycles. The molecule has 0 saturated carbocycles. The Morgan fingerprint density at radius 1 is 1.42 bits per heavy atom. The van der Waals surface area contributed by atoms with Gasteiger partial charge in [0.05, 0.1) is 4.92 Å². The molecule has 1 amide bonds. The van der Waals surface area contributed by atoms with Gasteiger partial charge in [-0.05, 0) is 12.1 Å².